The fourth-order valence-corrected chi connectivity index (χ4v) is 5.55. The second kappa shape index (κ2) is 9.44. The van der Waals surface area contributed by atoms with Gasteiger partial charge in [-0.1, -0.05) is 35.5 Å². The van der Waals surface area contributed by atoms with Crippen molar-refractivity contribution in [1.29, 1.82) is 0 Å². The van der Waals surface area contributed by atoms with E-state index in [2.05, 4.69) is 26.9 Å². The summed E-state index contributed by atoms with van der Waals surface area (Å²) in [6.07, 6.45) is 1.52. The van der Waals surface area contributed by atoms with Crippen LogP contribution in [0.3, 0.4) is 0 Å². The lowest BCUT2D eigenvalue weighted by Crippen LogP contribution is -2.44. The van der Waals surface area contributed by atoms with E-state index in [1.54, 1.807) is 18.2 Å². The van der Waals surface area contributed by atoms with E-state index in [0.717, 1.165) is 43.7 Å². The summed E-state index contributed by atoms with van der Waals surface area (Å²) in [5, 5.41) is 3.98. The van der Waals surface area contributed by atoms with E-state index in [-0.39, 0.29) is 10.9 Å². The molecule has 0 radical (unpaired) electrons. The van der Waals surface area contributed by atoms with Gasteiger partial charge in [0, 0.05) is 36.8 Å². The van der Waals surface area contributed by atoms with Gasteiger partial charge in [-0.15, -0.1) is 0 Å². The van der Waals surface area contributed by atoms with Crippen LogP contribution >= 0.6 is 0 Å². The number of methoxy groups -OCH3 is 1. The van der Waals surface area contributed by atoms with E-state index < -0.39 is 10.0 Å². The molecule has 1 aromatic heterocycles. The average Bonchev–Trinajstić information content (AvgIpc) is 3.13. The van der Waals surface area contributed by atoms with Crippen molar-refractivity contribution in [2.24, 2.45) is 0 Å². The lowest BCUT2D eigenvalue weighted by molar-refractivity contribution is 0.200. The van der Waals surface area contributed by atoms with Crippen LogP contribution in [-0.4, -0.2) is 44.7 Å². The number of rotatable bonds is 7. The monoisotopic (exact) mass is 455 g/mol. The molecule has 8 heteroatoms. The summed E-state index contributed by atoms with van der Waals surface area (Å²) >= 11 is 0. The number of nitrogens with zero attached hydrogens (tertiary/aromatic N) is 2. The quantitative estimate of drug-likeness (QED) is 0.582. The Morgan fingerprint density at radius 2 is 1.84 bits per heavy atom. The molecule has 0 atom stereocenters. The number of sulfonamides is 1. The number of hydrogen-bond donors (Lipinski definition) is 1. The molecule has 0 bridgehead atoms. The molecule has 1 saturated heterocycles. The van der Waals surface area contributed by atoms with Gasteiger partial charge < -0.3 is 9.26 Å². The molecular weight excluding hydrogens is 426 g/mol. The van der Waals surface area contributed by atoms with Crippen LogP contribution < -0.4 is 9.46 Å². The van der Waals surface area contributed by atoms with Crippen molar-refractivity contribution < 1.29 is 17.7 Å². The Morgan fingerprint density at radius 1 is 1.12 bits per heavy atom. The Bertz CT molecular complexity index is 1170. The van der Waals surface area contributed by atoms with Crippen LogP contribution in [0.2, 0.25) is 0 Å². The van der Waals surface area contributed by atoms with Gasteiger partial charge in [0.15, 0.2) is 5.76 Å². The van der Waals surface area contributed by atoms with Crippen molar-refractivity contribution in [2.45, 2.75) is 44.2 Å². The van der Waals surface area contributed by atoms with E-state index in [1.165, 1.54) is 12.7 Å². The van der Waals surface area contributed by atoms with Gasteiger partial charge in [0.1, 0.15) is 10.6 Å². The van der Waals surface area contributed by atoms with Crippen molar-refractivity contribution in [3.05, 3.63) is 65.4 Å². The number of ether oxygens (including phenoxy) is 1. The van der Waals surface area contributed by atoms with Crippen molar-refractivity contribution in [2.75, 3.05) is 20.2 Å². The molecule has 1 fully saturated rings. The van der Waals surface area contributed by atoms with Crippen molar-refractivity contribution >= 4 is 10.0 Å². The van der Waals surface area contributed by atoms with E-state index in [0.29, 0.717) is 17.1 Å². The Kier molecular flexibility index (Phi) is 6.64. The molecule has 1 N–H and O–H groups in total. The van der Waals surface area contributed by atoms with Gasteiger partial charge in [-0.2, -0.15) is 0 Å². The maximum absolute atomic E-state index is 13.3. The third kappa shape index (κ3) is 4.87. The van der Waals surface area contributed by atoms with Gasteiger partial charge in [0.25, 0.3) is 0 Å². The van der Waals surface area contributed by atoms with Crippen LogP contribution in [0.5, 0.6) is 5.75 Å². The van der Waals surface area contributed by atoms with Gasteiger partial charge in [-0.25, -0.2) is 13.1 Å². The molecule has 0 unspecified atom stereocenters. The molecule has 0 saturated carbocycles. The zero-order valence-electron chi connectivity index (χ0n) is 18.7. The molecule has 170 valence electrons. The average molecular weight is 456 g/mol. The van der Waals surface area contributed by atoms with Gasteiger partial charge >= 0.3 is 0 Å². The summed E-state index contributed by atoms with van der Waals surface area (Å²) in [6.45, 7) is 6.33. The van der Waals surface area contributed by atoms with E-state index in [4.69, 9.17) is 9.26 Å². The largest absolute Gasteiger partial charge is 0.495 e. The second-order valence-corrected chi connectivity index (χ2v) is 9.93. The molecule has 1 aliphatic heterocycles. The summed E-state index contributed by atoms with van der Waals surface area (Å²) in [6, 6.07) is 15.2. The van der Waals surface area contributed by atoms with Crippen LogP contribution in [0.25, 0.3) is 11.3 Å². The van der Waals surface area contributed by atoms with Gasteiger partial charge in [-0.05, 0) is 50.5 Å². The summed E-state index contributed by atoms with van der Waals surface area (Å²) < 4.78 is 40.2. The normalized spacial score (nSPS) is 15.7. The van der Waals surface area contributed by atoms with E-state index in [9.17, 15) is 8.42 Å². The fraction of sp³-hybridized carbons (Fsp3) is 0.375. The fourth-order valence-electron chi connectivity index (χ4n) is 4.05. The first-order chi connectivity index (χ1) is 15.4. The van der Waals surface area contributed by atoms with Crippen LogP contribution in [-0.2, 0) is 16.6 Å². The highest BCUT2D eigenvalue weighted by Crippen LogP contribution is 2.32. The standard InChI is InChI=1S/C24H29N3O4S/c1-17-18(2)25-31-24(17)20-9-10-22(30-3)23(15-20)32(28,29)26-21-11-13-27(14-12-21)16-19-7-5-4-6-8-19/h4-10,15,21,26H,11-14,16H2,1-3H3. The number of piperidine rings is 1. The molecule has 0 amide bonds. The topological polar surface area (TPSA) is 84.7 Å². The Morgan fingerprint density at radius 3 is 2.47 bits per heavy atom. The Labute approximate surface area is 189 Å². The summed E-state index contributed by atoms with van der Waals surface area (Å²) in [7, 11) is -2.30. The number of nitrogens with one attached hydrogen (secondary N) is 1. The molecule has 0 spiro atoms. The SMILES string of the molecule is COc1ccc(-c2onc(C)c2C)cc1S(=O)(=O)NC1CCN(Cc2ccccc2)CC1. The predicted molar refractivity (Wildman–Crippen MR) is 123 cm³/mol. The molecule has 0 aliphatic carbocycles. The minimum absolute atomic E-state index is 0.109. The smallest absolute Gasteiger partial charge is 0.244 e. The molecule has 2 aromatic carbocycles. The third-order valence-corrected chi connectivity index (χ3v) is 7.57. The molecule has 3 aromatic rings. The zero-order valence-corrected chi connectivity index (χ0v) is 19.5. The first-order valence-corrected chi connectivity index (χ1v) is 12.3. The molecule has 7 nitrogen and oxygen atoms in total. The molecule has 4 rings (SSSR count). The minimum atomic E-state index is -3.77. The number of aryl methyl sites for hydroxylation is 1. The van der Waals surface area contributed by atoms with Crippen LogP contribution in [0.15, 0.2) is 57.9 Å². The van der Waals surface area contributed by atoms with Crippen LogP contribution in [0, 0.1) is 13.8 Å². The van der Waals surface area contributed by atoms with Crippen LogP contribution in [0.1, 0.15) is 29.7 Å². The summed E-state index contributed by atoms with van der Waals surface area (Å²) in [5.41, 5.74) is 3.59. The molecule has 32 heavy (non-hydrogen) atoms. The number of hydrogen-bond acceptors (Lipinski definition) is 6. The number of benzene rings is 2. The molecule has 1 aliphatic rings. The summed E-state index contributed by atoms with van der Waals surface area (Å²) in [4.78, 5) is 2.47. The van der Waals surface area contributed by atoms with Gasteiger partial charge in [-0.3, -0.25) is 4.90 Å². The van der Waals surface area contributed by atoms with Gasteiger partial charge in [0.05, 0.1) is 12.8 Å². The highest BCUT2D eigenvalue weighted by molar-refractivity contribution is 7.89. The lowest BCUT2D eigenvalue weighted by atomic mass is 10.1. The van der Waals surface area contributed by atoms with E-state index in [1.807, 2.05) is 32.0 Å². The van der Waals surface area contributed by atoms with Crippen molar-refractivity contribution in [3.63, 3.8) is 0 Å². The van der Waals surface area contributed by atoms with Gasteiger partial charge in [0.2, 0.25) is 10.0 Å². The number of aromatic nitrogens is 1. The zero-order chi connectivity index (χ0) is 22.7. The number of likely N-dealkylation sites (tertiary alicyclic amines) is 1. The van der Waals surface area contributed by atoms with E-state index >= 15 is 0 Å². The first kappa shape index (κ1) is 22.5. The maximum Gasteiger partial charge on any atom is 0.244 e. The minimum Gasteiger partial charge on any atom is -0.495 e. The second-order valence-electron chi connectivity index (χ2n) is 8.25. The first-order valence-electron chi connectivity index (χ1n) is 10.8. The van der Waals surface area contributed by atoms with Crippen molar-refractivity contribution in [3.8, 4) is 17.1 Å². The summed E-state index contributed by atoms with van der Waals surface area (Å²) in [5.74, 6) is 0.868. The predicted octanol–water partition coefficient (Wildman–Crippen LogP) is 3.91. The van der Waals surface area contributed by atoms with Crippen LogP contribution in [0.4, 0.5) is 0 Å². The highest BCUT2D eigenvalue weighted by Gasteiger charge is 2.28. The Hall–Kier alpha value is -2.68. The third-order valence-electron chi connectivity index (χ3n) is 6.03. The molecular formula is C24H29N3O4S. The highest BCUT2D eigenvalue weighted by atomic mass is 32.2. The molecule has 2 heterocycles. The van der Waals surface area contributed by atoms with Crippen molar-refractivity contribution in [1.82, 2.24) is 14.8 Å². The Balaban J connectivity index is 1.47. The lowest BCUT2D eigenvalue weighted by Gasteiger charge is -2.32. The maximum atomic E-state index is 13.3.